The average Bonchev–Trinajstić information content (AvgIpc) is 2.65. The smallest absolute Gasteiger partial charge is 0.427 e. The first-order valence-electron chi connectivity index (χ1n) is 8.95. The Morgan fingerprint density at radius 3 is 1.42 bits per heavy atom. The molecule has 0 spiro atoms. The molecule has 0 aliphatic carbocycles. The third-order valence-electron chi connectivity index (χ3n) is 4.70. The van der Waals surface area contributed by atoms with Crippen molar-refractivity contribution in [1.82, 2.24) is 0 Å². The maximum absolute atomic E-state index is 14.1. The molecule has 0 amide bonds. The lowest BCUT2D eigenvalue weighted by molar-refractivity contribution is -0.453. The van der Waals surface area contributed by atoms with Crippen molar-refractivity contribution >= 4 is 5.97 Å². The van der Waals surface area contributed by atoms with Gasteiger partial charge in [0, 0.05) is 6.92 Å². The van der Waals surface area contributed by atoms with E-state index in [1.165, 1.54) is 0 Å². The fourth-order valence-corrected chi connectivity index (χ4v) is 2.69. The highest BCUT2D eigenvalue weighted by molar-refractivity contribution is 5.69. The molecule has 3 nitrogen and oxygen atoms in total. The van der Waals surface area contributed by atoms with Crippen LogP contribution in [-0.2, 0) is 10.4 Å². The van der Waals surface area contributed by atoms with E-state index >= 15 is 0 Å². The fraction of sp³-hybridized carbons (Fsp3) is 0.611. The van der Waals surface area contributed by atoms with E-state index in [-0.39, 0.29) is 12.7 Å². The molecular formula is C18H13F15O3. The number of benzene rings is 1. The molecule has 0 fully saturated rings. The van der Waals surface area contributed by atoms with Crippen LogP contribution in [0.4, 0.5) is 65.9 Å². The van der Waals surface area contributed by atoms with Gasteiger partial charge in [0.05, 0.1) is 12.0 Å². The highest BCUT2D eigenvalue weighted by Gasteiger charge is 2.93. The Morgan fingerprint density at radius 1 is 0.694 bits per heavy atom. The maximum Gasteiger partial charge on any atom is 0.460 e. The molecule has 208 valence electrons. The summed E-state index contributed by atoms with van der Waals surface area (Å²) >= 11 is 0. The first-order chi connectivity index (χ1) is 15.6. The molecule has 1 aromatic carbocycles. The van der Waals surface area contributed by atoms with Gasteiger partial charge in [-0.25, -0.2) is 0 Å². The molecule has 0 radical (unpaired) electrons. The van der Waals surface area contributed by atoms with Crippen molar-refractivity contribution in [3.8, 4) is 5.75 Å². The van der Waals surface area contributed by atoms with Crippen LogP contribution >= 0.6 is 0 Å². The molecule has 0 saturated heterocycles. The molecule has 0 aliphatic heterocycles. The van der Waals surface area contributed by atoms with Crippen LogP contribution in [0, 0.1) is 0 Å². The number of hydrogen-bond acceptors (Lipinski definition) is 3. The van der Waals surface area contributed by atoms with Crippen LogP contribution in [0.1, 0.15) is 25.8 Å². The number of halogens is 15. The van der Waals surface area contributed by atoms with Gasteiger partial charge in [-0.3, -0.25) is 4.79 Å². The molecular weight excluding hydrogens is 549 g/mol. The summed E-state index contributed by atoms with van der Waals surface area (Å²) in [4.78, 5) is 10.8. The number of ether oxygens (including phenoxy) is 1. The van der Waals surface area contributed by atoms with Gasteiger partial charge in [0.15, 0.2) is 0 Å². The van der Waals surface area contributed by atoms with Gasteiger partial charge in [0.25, 0.3) is 0 Å². The van der Waals surface area contributed by atoms with Crippen molar-refractivity contribution in [3.05, 3.63) is 29.8 Å². The van der Waals surface area contributed by atoms with Crippen molar-refractivity contribution < 1.29 is 80.5 Å². The van der Waals surface area contributed by atoms with E-state index in [1.54, 1.807) is 0 Å². The first-order valence-corrected chi connectivity index (χ1v) is 8.95. The SMILES string of the molecule is CC(=O)Oc1ccc(C(C)(O)CC(F)(F)C(F)(F)C(F)(F)C(F)(F)C(F)(F)C(F)(F)C(F)(F)F)cc1. The van der Waals surface area contributed by atoms with Gasteiger partial charge >= 0.3 is 47.7 Å². The molecule has 1 atom stereocenters. The van der Waals surface area contributed by atoms with E-state index < -0.39 is 65.3 Å². The molecule has 0 heterocycles. The van der Waals surface area contributed by atoms with Crippen molar-refractivity contribution in [3.63, 3.8) is 0 Å². The van der Waals surface area contributed by atoms with Gasteiger partial charge in [0.1, 0.15) is 5.75 Å². The zero-order valence-corrected chi connectivity index (χ0v) is 17.4. The van der Waals surface area contributed by atoms with Crippen LogP contribution in [0.15, 0.2) is 24.3 Å². The third-order valence-corrected chi connectivity index (χ3v) is 4.70. The lowest BCUT2D eigenvalue weighted by Crippen LogP contribution is -2.72. The van der Waals surface area contributed by atoms with Gasteiger partial charge in [-0.15, -0.1) is 0 Å². The normalized spacial score (nSPS) is 16.5. The lowest BCUT2D eigenvalue weighted by atomic mass is 9.84. The number of alkyl halides is 15. The molecule has 1 unspecified atom stereocenters. The maximum atomic E-state index is 14.1. The minimum Gasteiger partial charge on any atom is -0.427 e. The second-order valence-electron chi connectivity index (χ2n) is 7.64. The molecule has 0 aliphatic rings. The summed E-state index contributed by atoms with van der Waals surface area (Å²) in [5, 5.41) is 10.1. The zero-order valence-electron chi connectivity index (χ0n) is 17.4. The minimum absolute atomic E-state index is 0.237. The quantitative estimate of drug-likeness (QED) is 0.210. The van der Waals surface area contributed by atoms with Crippen LogP contribution in [0.2, 0.25) is 0 Å². The van der Waals surface area contributed by atoms with E-state index in [0.29, 0.717) is 12.1 Å². The molecule has 0 bridgehead atoms. The van der Waals surface area contributed by atoms with E-state index in [0.717, 1.165) is 19.1 Å². The standard InChI is InChI=1S/C18H13F15O3/c1-8(34)36-10-5-3-9(4-6-10)11(2,35)7-12(19,20)13(21,22)14(23,24)15(25,26)16(27,28)17(29,30)18(31,32)33/h3-6,35H,7H2,1-2H3. The second kappa shape index (κ2) is 8.86. The van der Waals surface area contributed by atoms with E-state index in [2.05, 4.69) is 4.74 Å². The Kier molecular flexibility index (Phi) is 7.79. The van der Waals surface area contributed by atoms with Gasteiger partial charge < -0.3 is 9.84 Å². The van der Waals surface area contributed by atoms with Crippen LogP contribution in [0.25, 0.3) is 0 Å². The number of aliphatic hydroxyl groups is 1. The third kappa shape index (κ3) is 4.91. The number of hydrogen-bond donors (Lipinski definition) is 1. The Morgan fingerprint density at radius 2 is 1.06 bits per heavy atom. The summed E-state index contributed by atoms with van der Waals surface area (Å²) in [6.07, 6.45) is -10.6. The van der Waals surface area contributed by atoms with Crippen LogP contribution < -0.4 is 4.74 Å². The molecule has 0 aromatic heterocycles. The highest BCUT2D eigenvalue weighted by atomic mass is 19.4. The van der Waals surface area contributed by atoms with Crippen LogP contribution in [0.5, 0.6) is 5.75 Å². The fourth-order valence-electron chi connectivity index (χ4n) is 2.69. The number of esters is 1. The molecule has 1 aromatic rings. The molecule has 1 rings (SSSR count). The monoisotopic (exact) mass is 562 g/mol. The van der Waals surface area contributed by atoms with E-state index in [4.69, 9.17) is 0 Å². The number of rotatable bonds is 9. The van der Waals surface area contributed by atoms with Crippen molar-refractivity contribution in [1.29, 1.82) is 0 Å². The van der Waals surface area contributed by atoms with Gasteiger partial charge in [-0.05, 0) is 24.6 Å². The Balaban J connectivity index is 3.46. The van der Waals surface area contributed by atoms with Crippen molar-refractivity contribution in [2.45, 2.75) is 67.6 Å². The summed E-state index contributed by atoms with van der Waals surface area (Å²) in [5.74, 6) is -48.6. The van der Waals surface area contributed by atoms with Crippen molar-refractivity contribution in [2.24, 2.45) is 0 Å². The number of carbonyl (C=O) groups is 1. The Bertz CT molecular complexity index is 949. The average molecular weight is 562 g/mol. The van der Waals surface area contributed by atoms with E-state index in [1.807, 2.05) is 0 Å². The molecule has 18 heteroatoms. The Hall–Kier alpha value is -2.40. The first kappa shape index (κ1) is 31.6. The largest absolute Gasteiger partial charge is 0.460 e. The summed E-state index contributed by atoms with van der Waals surface area (Å²) in [6.45, 7) is 1.15. The Labute approximate surface area is 190 Å². The highest BCUT2D eigenvalue weighted by Crippen LogP contribution is 2.63. The molecule has 36 heavy (non-hydrogen) atoms. The molecule has 1 N–H and O–H groups in total. The minimum atomic E-state index is -8.40. The topological polar surface area (TPSA) is 46.5 Å². The summed E-state index contributed by atoms with van der Waals surface area (Å²) in [5.41, 5.74) is -4.19. The summed E-state index contributed by atoms with van der Waals surface area (Å²) in [7, 11) is 0. The van der Waals surface area contributed by atoms with Crippen LogP contribution in [0.3, 0.4) is 0 Å². The lowest BCUT2D eigenvalue weighted by Gasteiger charge is -2.42. The van der Waals surface area contributed by atoms with Gasteiger partial charge in [0.2, 0.25) is 0 Å². The number of carbonyl (C=O) groups excluding carboxylic acids is 1. The van der Waals surface area contributed by atoms with E-state index in [9.17, 15) is 75.8 Å². The summed E-state index contributed by atoms with van der Waals surface area (Å²) in [6, 6.07) is 2.75. The second-order valence-corrected chi connectivity index (χ2v) is 7.64. The summed E-state index contributed by atoms with van der Waals surface area (Å²) < 4.78 is 204. The van der Waals surface area contributed by atoms with Crippen molar-refractivity contribution in [2.75, 3.05) is 0 Å². The zero-order chi connectivity index (χ0) is 29.0. The predicted octanol–water partition coefficient (Wildman–Crippen LogP) is 6.58. The van der Waals surface area contributed by atoms with Gasteiger partial charge in [-0.1, -0.05) is 12.1 Å². The van der Waals surface area contributed by atoms with Crippen LogP contribution in [-0.4, -0.2) is 52.8 Å². The van der Waals surface area contributed by atoms with Gasteiger partial charge in [-0.2, -0.15) is 65.9 Å². The predicted molar refractivity (Wildman–Crippen MR) is 87.7 cm³/mol. The molecule has 0 saturated carbocycles.